The summed E-state index contributed by atoms with van der Waals surface area (Å²) in [5.74, 6) is 0.408. The maximum Gasteiger partial charge on any atom is 0.124 e. The number of rotatable bonds is 4. The zero-order valence-electron chi connectivity index (χ0n) is 13.5. The van der Waals surface area contributed by atoms with E-state index >= 15 is 0 Å². The van der Waals surface area contributed by atoms with E-state index in [-0.39, 0.29) is 18.2 Å². The van der Waals surface area contributed by atoms with Gasteiger partial charge in [0, 0.05) is 37.1 Å². The molecule has 0 aromatic heterocycles. The van der Waals surface area contributed by atoms with Crippen LogP contribution in [0.5, 0.6) is 0 Å². The van der Waals surface area contributed by atoms with E-state index < -0.39 is 0 Å². The second kappa shape index (κ2) is 8.26. The first-order chi connectivity index (χ1) is 10.6. The largest absolute Gasteiger partial charge is 0.384 e. The number of ether oxygens (including phenoxy) is 1. The molecule has 1 aromatic rings. The Bertz CT molecular complexity index is 505. The fraction of sp³-hybridized carbons (Fsp3) is 0.647. The summed E-state index contributed by atoms with van der Waals surface area (Å²) in [6.45, 7) is 5.97. The molecule has 2 aliphatic rings. The van der Waals surface area contributed by atoms with Crippen molar-refractivity contribution in [3.63, 3.8) is 0 Å². The number of nitrogens with one attached hydrogen (secondary N) is 1. The molecule has 2 fully saturated rings. The van der Waals surface area contributed by atoms with Gasteiger partial charge in [0.15, 0.2) is 0 Å². The summed E-state index contributed by atoms with van der Waals surface area (Å²) in [7, 11) is 1.79. The minimum absolute atomic E-state index is 0. The molecule has 0 radical (unpaired) electrons. The number of methoxy groups -OCH3 is 1. The maximum absolute atomic E-state index is 13.6. The van der Waals surface area contributed by atoms with Crippen LogP contribution >= 0.6 is 28.3 Å². The molecule has 0 amide bonds. The van der Waals surface area contributed by atoms with Crippen LogP contribution in [0.3, 0.4) is 0 Å². The van der Waals surface area contributed by atoms with Crippen LogP contribution in [0.25, 0.3) is 0 Å². The molecule has 2 saturated heterocycles. The van der Waals surface area contributed by atoms with Crippen molar-refractivity contribution in [2.24, 2.45) is 11.3 Å². The molecule has 2 heterocycles. The Kier molecular flexibility index (Phi) is 6.87. The third-order valence-corrected chi connectivity index (χ3v) is 5.64. The van der Waals surface area contributed by atoms with Crippen molar-refractivity contribution in [3.8, 4) is 0 Å². The highest BCUT2D eigenvalue weighted by molar-refractivity contribution is 9.10. The highest BCUT2D eigenvalue weighted by Gasteiger charge is 2.46. The van der Waals surface area contributed by atoms with Crippen molar-refractivity contribution in [1.82, 2.24) is 10.2 Å². The molecule has 1 N–H and O–H groups in total. The van der Waals surface area contributed by atoms with E-state index in [2.05, 4.69) is 26.1 Å². The fourth-order valence-electron chi connectivity index (χ4n) is 4.15. The van der Waals surface area contributed by atoms with Gasteiger partial charge in [-0.15, -0.1) is 12.4 Å². The molecule has 1 aromatic carbocycles. The van der Waals surface area contributed by atoms with Gasteiger partial charge in [-0.1, -0.05) is 15.9 Å². The third kappa shape index (κ3) is 4.45. The molecule has 0 bridgehead atoms. The van der Waals surface area contributed by atoms with Crippen LogP contribution in [-0.2, 0) is 11.3 Å². The van der Waals surface area contributed by atoms with Crippen molar-refractivity contribution in [2.45, 2.75) is 19.4 Å². The number of halogens is 3. The normalized spacial score (nSPS) is 23.9. The number of piperidine rings is 1. The molecular formula is C17H25BrClFN2O. The van der Waals surface area contributed by atoms with Gasteiger partial charge in [-0.25, -0.2) is 4.39 Å². The van der Waals surface area contributed by atoms with E-state index in [1.807, 2.05) is 6.07 Å². The lowest BCUT2D eigenvalue weighted by Gasteiger charge is -2.38. The number of benzene rings is 1. The average molecular weight is 408 g/mol. The first-order valence-corrected chi connectivity index (χ1v) is 8.78. The van der Waals surface area contributed by atoms with Gasteiger partial charge in [0.1, 0.15) is 5.82 Å². The molecule has 0 aliphatic carbocycles. The van der Waals surface area contributed by atoms with Gasteiger partial charge in [-0.3, -0.25) is 4.90 Å². The summed E-state index contributed by atoms with van der Waals surface area (Å²) >= 11 is 3.38. The number of nitrogens with zero attached hydrogens (tertiary/aromatic N) is 1. The highest BCUT2D eigenvalue weighted by Crippen LogP contribution is 2.43. The Balaban J connectivity index is 0.00000192. The second-order valence-electron chi connectivity index (χ2n) is 6.71. The van der Waals surface area contributed by atoms with Crippen molar-refractivity contribution >= 4 is 28.3 Å². The van der Waals surface area contributed by atoms with Crippen LogP contribution in [0.15, 0.2) is 22.7 Å². The van der Waals surface area contributed by atoms with Crippen LogP contribution in [0.1, 0.15) is 18.4 Å². The maximum atomic E-state index is 13.6. The van der Waals surface area contributed by atoms with Crippen molar-refractivity contribution in [1.29, 1.82) is 0 Å². The molecule has 1 atom stereocenters. The number of hydrogen-bond acceptors (Lipinski definition) is 3. The zero-order valence-corrected chi connectivity index (χ0v) is 15.9. The van der Waals surface area contributed by atoms with Crippen LogP contribution in [0, 0.1) is 17.2 Å². The van der Waals surface area contributed by atoms with Crippen molar-refractivity contribution in [2.75, 3.05) is 39.9 Å². The van der Waals surface area contributed by atoms with Crippen molar-refractivity contribution < 1.29 is 9.13 Å². The molecule has 6 heteroatoms. The molecule has 2 aliphatic heterocycles. The van der Waals surface area contributed by atoms with E-state index in [0.717, 1.165) is 49.4 Å². The zero-order chi connectivity index (χ0) is 15.6. The molecule has 1 unspecified atom stereocenters. The molecule has 1 spiro atoms. The average Bonchev–Trinajstić information content (AvgIpc) is 2.76. The Hall–Kier alpha value is -0.200. The molecule has 130 valence electrons. The summed E-state index contributed by atoms with van der Waals surface area (Å²) in [6.07, 6.45) is 2.43. The van der Waals surface area contributed by atoms with E-state index in [0.29, 0.717) is 11.3 Å². The predicted molar refractivity (Wildman–Crippen MR) is 96.5 cm³/mol. The molecule has 23 heavy (non-hydrogen) atoms. The summed E-state index contributed by atoms with van der Waals surface area (Å²) in [4.78, 5) is 2.47. The van der Waals surface area contributed by atoms with Crippen molar-refractivity contribution in [3.05, 3.63) is 34.1 Å². The monoisotopic (exact) mass is 406 g/mol. The first-order valence-electron chi connectivity index (χ1n) is 7.98. The second-order valence-corrected chi connectivity index (χ2v) is 7.63. The molecule has 3 rings (SSSR count). The topological polar surface area (TPSA) is 24.5 Å². The Morgan fingerprint density at radius 1 is 1.35 bits per heavy atom. The van der Waals surface area contributed by atoms with Crippen LogP contribution in [0.4, 0.5) is 4.39 Å². The first kappa shape index (κ1) is 19.1. The predicted octanol–water partition coefficient (Wildman–Crippen LogP) is 3.46. The third-order valence-electron chi connectivity index (χ3n) is 5.18. The number of likely N-dealkylation sites (tertiary alicyclic amines) is 1. The molecule has 0 saturated carbocycles. The number of hydrogen-bond donors (Lipinski definition) is 1. The Morgan fingerprint density at radius 3 is 2.74 bits per heavy atom. The van der Waals surface area contributed by atoms with E-state index in [4.69, 9.17) is 4.74 Å². The smallest absolute Gasteiger partial charge is 0.124 e. The van der Waals surface area contributed by atoms with Crippen LogP contribution < -0.4 is 5.32 Å². The Labute approximate surface area is 152 Å². The lowest BCUT2D eigenvalue weighted by Crippen LogP contribution is -2.43. The lowest BCUT2D eigenvalue weighted by molar-refractivity contribution is 0.0716. The summed E-state index contributed by atoms with van der Waals surface area (Å²) < 4.78 is 19.9. The SMILES string of the molecule is COCC1CN(Cc2cc(F)cc(Br)c2)CC12CCNCC2.Cl. The Morgan fingerprint density at radius 2 is 2.09 bits per heavy atom. The van der Waals surface area contributed by atoms with E-state index in [1.54, 1.807) is 13.2 Å². The van der Waals surface area contributed by atoms with Gasteiger partial charge in [0.2, 0.25) is 0 Å². The van der Waals surface area contributed by atoms with Gasteiger partial charge in [0.05, 0.1) is 6.61 Å². The lowest BCUT2D eigenvalue weighted by atomic mass is 9.71. The van der Waals surface area contributed by atoms with E-state index in [9.17, 15) is 4.39 Å². The quantitative estimate of drug-likeness (QED) is 0.827. The summed E-state index contributed by atoms with van der Waals surface area (Å²) in [6, 6.07) is 5.17. The van der Waals surface area contributed by atoms with Gasteiger partial charge in [-0.05, 0) is 55.1 Å². The summed E-state index contributed by atoms with van der Waals surface area (Å²) in [5, 5.41) is 3.46. The van der Waals surface area contributed by atoms with Gasteiger partial charge < -0.3 is 10.1 Å². The summed E-state index contributed by atoms with van der Waals surface area (Å²) in [5.41, 5.74) is 1.40. The minimum atomic E-state index is -0.173. The van der Waals surface area contributed by atoms with E-state index in [1.165, 1.54) is 18.9 Å². The van der Waals surface area contributed by atoms with Gasteiger partial charge in [0.25, 0.3) is 0 Å². The van der Waals surface area contributed by atoms with Gasteiger partial charge >= 0.3 is 0 Å². The standard InChI is InChI=1S/C17H24BrFN2O.ClH/c1-22-11-14-10-21(12-17(14)2-4-20-5-3-17)9-13-6-15(18)8-16(19)7-13;/h6-8,14,20H,2-5,9-12H2,1H3;1H. The molecule has 3 nitrogen and oxygen atoms in total. The minimum Gasteiger partial charge on any atom is -0.384 e. The van der Waals surface area contributed by atoms with Crippen LogP contribution in [0.2, 0.25) is 0 Å². The highest BCUT2D eigenvalue weighted by atomic mass is 79.9. The molecular weight excluding hydrogens is 383 g/mol. The fourth-order valence-corrected chi connectivity index (χ4v) is 4.66. The van der Waals surface area contributed by atoms with Gasteiger partial charge in [-0.2, -0.15) is 0 Å². The van der Waals surface area contributed by atoms with Crippen LogP contribution in [-0.4, -0.2) is 44.8 Å².